The summed E-state index contributed by atoms with van der Waals surface area (Å²) in [7, 11) is 1.81. The first-order valence-electron chi connectivity index (χ1n) is 7.62. The summed E-state index contributed by atoms with van der Waals surface area (Å²) in [5, 5.41) is 7.20. The number of nitrogens with zero attached hydrogens (tertiary/aromatic N) is 4. The van der Waals surface area contributed by atoms with E-state index in [0.29, 0.717) is 12.1 Å². The third-order valence-electron chi connectivity index (χ3n) is 4.42. The Hall–Kier alpha value is -1.47. The molecule has 1 aromatic heterocycles. The maximum Gasteiger partial charge on any atom is 0.271 e. The average molecular weight is 322 g/mol. The highest BCUT2D eigenvalue weighted by Gasteiger charge is 2.47. The first-order chi connectivity index (χ1) is 10.5. The van der Waals surface area contributed by atoms with Crippen LogP contribution < -0.4 is 0 Å². The molecule has 0 aromatic carbocycles. The molecule has 0 radical (unpaired) electrons. The van der Waals surface area contributed by atoms with Gasteiger partial charge in [-0.3, -0.25) is 9.69 Å². The maximum atomic E-state index is 12.4. The third-order valence-corrected chi connectivity index (χ3v) is 5.18. The summed E-state index contributed by atoms with van der Waals surface area (Å²) in [6.45, 7) is 6.59. The fourth-order valence-corrected chi connectivity index (χ4v) is 3.54. The molecule has 0 N–H and O–H groups in total. The second-order valence-corrected chi connectivity index (χ2v) is 7.36. The molecule has 1 amide bonds. The van der Waals surface area contributed by atoms with Crippen LogP contribution in [0, 0.1) is 0 Å². The van der Waals surface area contributed by atoms with Gasteiger partial charge in [0, 0.05) is 50.6 Å². The van der Waals surface area contributed by atoms with Gasteiger partial charge in [0.1, 0.15) is 10.7 Å². The van der Waals surface area contributed by atoms with Crippen LogP contribution in [-0.2, 0) is 16.2 Å². The highest BCUT2D eigenvalue weighted by atomic mass is 32.1. The summed E-state index contributed by atoms with van der Waals surface area (Å²) in [4.78, 5) is 26.4. The molecular formula is C15H22N4O2S. The molecule has 0 bridgehead atoms. The zero-order valence-electron chi connectivity index (χ0n) is 13.3. The Labute approximate surface area is 134 Å². The number of rotatable bonds is 4. The minimum absolute atomic E-state index is 0.0229. The van der Waals surface area contributed by atoms with Gasteiger partial charge in [-0.25, -0.2) is 4.98 Å². The monoisotopic (exact) mass is 322 g/mol. The number of carbonyl (C=O) groups is 1. The van der Waals surface area contributed by atoms with Crippen molar-refractivity contribution in [3.05, 3.63) is 16.6 Å². The van der Waals surface area contributed by atoms with Gasteiger partial charge in [0.2, 0.25) is 0 Å². The van der Waals surface area contributed by atoms with Crippen LogP contribution in [0.5, 0.6) is 0 Å². The molecular weight excluding hydrogens is 300 g/mol. The van der Waals surface area contributed by atoms with E-state index in [1.807, 2.05) is 32.5 Å². The molecule has 7 heteroatoms. The van der Waals surface area contributed by atoms with Gasteiger partial charge in [0.05, 0.1) is 6.54 Å². The van der Waals surface area contributed by atoms with E-state index in [4.69, 9.17) is 4.84 Å². The first kappa shape index (κ1) is 15.4. The van der Waals surface area contributed by atoms with E-state index in [1.165, 1.54) is 0 Å². The van der Waals surface area contributed by atoms with Gasteiger partial charge in [0.25, 0.3) is 5.91 Å². The number of amides is 1. The summed E-state index contributed by atoms with van der Waals surface area (Å²) in [6.07, 6.45) is 3.35. The molecule has 0 aliphatic carbocycles. The number of aromatic nitrogens is 1. The molecule has 1 fully saturated rings. The molecule has 22 heavy (non-hydrogen) atoms. The number of likely N-dealkylation sites (tertiary alicyclic amines) is 1. The Morgan fingerprint density at radius 2 is 2.41 bits per heavy atom. The predicted molar refractivity (Wildman–Crippen MR) is 85.8 cm³/mol. The normalized spacial score (nSPS) is 24.8. The van der Waals surface area contributed by atoms with Gasteiger partial charge < -0.3 is 9.74 Å². The minimum atomic E-state index is -0.319. The van der Waals surface area contributed by atoms with Crippen LogP contribution in [0.4, 0.5) is 0 Å². The molecule has 1 spiro atoms. The zero-order valence-corrected chi connectivity index (χ0v) is 14.1. The molecule has 120 valence electrons. The lowest BCUT2D eigenvalue weighted by atomic mass is 9.96. The van der Waals surface area contributed by atoms with Crippen LogP contribution in [0.2, 0.25) is 0 Å². The lowest BCUT2D eigenvalue weighted by Gasteiger charge is -2.23. The van der Waals surface area contributed by atoms with Crippen molar-refractivity contribution >= 4 is 23.0 Å². The Bertz CT molecular complexity index is 572. The van der Waals surface area contributed by atoms with Crippen LogP contribution in [0.1, 0.15) is 31.7 Å². The quantitative estimate of drug-likeness (QED) is 0.847. The van der Waals surface area contributed by atoms with Crippen LogP contribution >= 0.6 is 11.3 Å². The van der Waals surface area contributed by atoms with Gasteiger partial charge in [-0.2, -0.15) is 0 Å². The van der Waals surface area contributed by atoms with Crippen molar-refractivity contribution in [1.82, 2.24) is 14.8 Å². The second kappa shape index (κ2) is 5.96. The second-order valence-electron chi connectivity index (χ2n) is 6.39. The molecule has 0 unspecified atom stereocenters. The van der Waals surface area contributed by atoms with Gasteiger partial charge in [-0.15, -0.1) is 11.3 Å². The molecule has 0 saturated carbocycles. The first-order valence-corrected chi connectivity index (χ1v) is 8.50. The zero-order chi connectivity index (χ0) is 15.7. The maximum absolute atomic E-state index is 12.4. The summed E-state index contributed by atoms with van der Waals surface area (Å²) in [6, 6.07) is 0.164. The lowest BCUT2D eigenvalue weighted by Crippen LogP contribution is -2.40. The molecule has 1 saturated heterocycles. The standard InChI is InChI=1S/C15H22N4O2S/c1-11(2)18(3)14(20)12-8-15(21-17-12)4-6-19(10-15)9-13-16-5-7-22-13/h5,7,11H,4,6,8-10H2,1-3H3/t15-/m0/s1. The van der Waals surface area contributed by atoms with Crippen LogP contribution in [0.25, 0.3) is 0 Å². The van der Waals surface area contributed by atoms with Crippen molar-refractivity contribution in [3.63, 3.8) is 0 Å². The van der Waals surface area contributed by atoms with Crippen molar-refractivity contribution in [2.75, 3.05) is 20.1 Å². The Morgan fingerprint density at radius 3 is 3.09 bits per heavy atom. The van der Waals surface area contributed by atoms with Crippen LogP contribution in [0.15, 0.2) is 16.7 Å². The lowest BCUT2D eigenvalue weighted by molar-refractivity contribution is -0.124. The van der Waals surface area contributed by atoms with Crippen molar-refractivity contribution in [3.8, 4) is 0 Å². The van der Waals surface area contributed by atoms with Gasteiger partial charge in [-0.05, 0) is 13.8 Å². The van der Waals surface area contributed by atoms with E-state index >= 15 is 0 Å². The minimum Gasteiger partial charge on any atom is -0.387 e. The molecule has 6 nitrogen and oxygen atoms in total. The van der Waals surface area contributed by atoms with E-state index < -0.39 is 0 Å². The van der Waals surface area contributed by atoms with Crippen molar-refractivity contribution < 1.29 is 9.63 Å². The van der Waals surface area contributed by atoms with E-state index in [2.05, 4.69) is 15.0 Å². The molecule has 2 aliphatic rings. The highest BCUT2D eigenvalue weighted by molar-refractivity contribution is 7.09. The number of thiazole rings is 1. The summed E-state index contributed by atoms with van der Waals surface area (Å²) < 4.78 is 0. The summed E-state index contributed by atoms with van der Waals surface area (Å²) in [5.74, 6) is -0.0229. The van der Waals surface area contributed by atoms with E-state index in [0.717, 1.165) is 31.1 Å². The summed E-state index contributed by atoms with van der Waals surface area (Å²) >= 11 is 1.67. The molecule has 3 rings (SSSR count). The SMILES string of the molecule is CC(C)N(C)C(=O)C1=NO[C@@]2(CCN(Cc3nccs3)C2)C1. The predicted octanol–water partition coefficient (Wildman–Crippen LogP) is 1.73. The highest BCUT2D eigenvalue weighted by Crippen LogP contribution is 2.35. The smallest absolute Gasteiger partial charge is 0.271 e. The fraction of sp³-hybridized carbons (Fsp3) is 0.667. The fourth-order valence-electron chi connectivity index (χ4n) is 2.88. The molecule has 1 aromatic rings. The van der Waals surface area contributed by atoms with Gasteiger partial charge in [-0.1, -0.05) is 5.16 Å². The number of oxime groups is 1. The molecule has 3 heterocycles. The summed E-state index contributed by atoms with van der Waals surface area (Å²) in [5.41, 5.74) is 0.229. The number of carbonyl (C=O) groups excluding carboxylic acids is 1. The van der Waals surface area contributed by atoms with E-state index in [9.17, 15) is 4.79 Å². The number of hydrogen-bond acceptors (Lipinski definition) is 6. The van der Waals surface area contributed by atoms with Crippen LogP contribution in [0.3, 0.4) is 0 Å². The van der Waals surface area contributed by atoms with E-state index in [-0.39, 0.29) is 17.6 Å². The Morgan fingerprint density at radius 1 is 1.59 bits per heavy atom. The van der Waals surface area contributed by atoms with E-state index in [1.54, 1.807) is 16.2 Å². The van der Waals surface area contributed by atoms with Crippen molar-refractivity contribution in [1.29, 1.82) is 0 Å². The van der Waals surface area contributed by atoms with Gasteiger partial charge >= 0.3 is 0 Å². The third kappa shape index (κ3) is 3.01. The average Bonchev–Trinajstić information content (AvgIpc) is 3.21. The molecule has 2 aliphatic heterocycles. The Balaban J connectivity index is 1.58. The molecule has 1 atom stereocenters. The topological polar surface area (TPSA) is 58.0 Å². The number of hydrogen-bond donors (Lipinski definition) is 0. The van der Waals surface area contributed by atoms with Gasteiger partial charge in [0.15, 0.2) is 5.60 Å². The van der Waals surface area contributed by atoms with Crippen LogP contribution in [-0.4, -0.2) is 58.2 Å². The Kier molecular flexibility index (Phi) is 4.18. The van der Waals surface area contributed by atoms with Crippen molar-refractivity contribution in [2.24, 2.45) is 5.16 Å². The van der Waals surface area contributed by atoms with Crippen molar-refractivity contribution in [2.45, 2.75) is 44.9 Å². The largest absolute Gasteiger partial charge is 0.387 e.